The highest BCUT2D eigenvalue weighted by molar-refractivity contribution is 6.31. The predicted molar refractivity (Wildman–Crippen MR) is 55.1 cm³/mol. The van der Waals surface area contributed by atoms with Gasteiger partial charge in [0.1, 0.15) is 0 Å². The number of halogens is 1. The van der Waals surface area contributed by atoms with Crippen LogP contribution in [-0.2, 0) is 0 Å². The third-order valence-corrected chi connectivity index (χ3v) is 2.44. The van der Waals surface area contributed by atoms with Gasteiger partial charge in [-0.25, -0.2) is 0 Å². The van der Waals surface area contributed by atoms with Gasteiger partial charge in [0.05, 0.1) is 6.61 Å². The lowest BCUT2D eigenvalue weighted by atomic mass is 9.98. The number of benzene rings is 1. The van der Waals surface area contributed by atoms with E-state index in [1.165, 1.54) is 0 Å². The lowest BCUT2D eigenvalue weighted by Crippen LogP contribution is -2.16. The second-order valence-corrected chi connectivity index (χ2v) is 3.55. The Bertz CT molecular complexity index is 284. The monoisotopic (exact) mass is 199 g/mol. The van der Waals surface area contributed by atoms with Crippen LogP contribution in [0.5, 0.6) is 0 Å². The summed E-state index contributed by atoms with van der Waals surface area (Å²) >= 11 is 5.98. The number of hydrogen-bond acceptors (Lipinski definition) is 2. The van der Waals surface area contributed by atoms with Gasteiger partial charge in [0.2, 0.25) is 0 Å². The Kier molecular flexibility index (Phi) is 3.72. The molecule has 0 bridgehead atoms. The molecule has 0 saturated heterocycles. The summed E-state index contributed by atoms with van der Waals surface area (Å²) in [6.45, 7) is 2.45. The third-order valence-electron chi connectivity index (χ3n) is 2.10. The Morgan fingerprint density at radius 2 is 2.23 bits per heavy atom. The predicted octanol–water partition coefficient (Wildman–Crippen LogP) is 1.68. The van der Waals surface area contributed by atoms with Crippen LogP contribution in [-0.4, -0.2) is 18.3 Å². The van der Waals surface area contributed by atoms with E-state index >= 15 is 0 Å². The molecule has 13 heavy (non-hydrogen) atoms. The molecule has 0 aliphatic carbocycles. The van der Waals surface area contributed by atoms with Crippen molar-refractivity contribution in [3.05, 3.63) is 34.3 Å². The summed E-state index contributed by atoms with van der Waals surface area (Å²) in [5, 5.41) is 9.73. The first kappa shape index (κ1) is 10.5. The Labute approximate surface area is 83.3 Å². The zero-order valence-electron chi connectivity index (χ0n) is 7.63. The highest BCUT2D eigenvalue weighted by Gasteiger charge is 2.11. The summed E-state index contributed by atoms with van der Waals surface area (Å²) in [4.78, 5) is 0. The number of aliphatic hydroxyl groups is 1. The number of hydrogen-bond donors (Lipinski definition) is 2. The molecule has 2 nitrogen and oxygen atoms in total. The molecule has 0 amide bonds. The van der Waals surface area contributed by atoms with Gasteiger partial charge in [-0.15, -0.1) is 0 Å². The molecule has 0 aliphatic rings. The van der Waals surface area contributed by atoms with Gasteiger partial charge in [-0.2, -0.15) is 0 Å². The number of nitrogens with two attached hydrogens (primary N) is 1. The van der Waals surface area contributed by atoms with E-state index in [-0.39, 0.29) is 12.5 Å². The number of aryl methyl sites for hydroxylation is 1. The second-order valence-electron chi connectivity index (χ2n) is 3.14. The molecule has 1 rings (SSSR count). The molecule has 1 aromatic carbocycles. The average Bonchev–Trinajstić information content (AvgIpc) is 2.13. The van der Waals surface area contributed by atoms with Crippen LogP contribution in [0.25, 0.3) is 0 Å². The summed E-state index contributed by atoms with van der Waals surface area (Å²) in [5.41, 5.74) is 7.58. The van der Waals surface area contributed by atoms with E-state index < -0.39 is 0 Å². The van der Waals surface area contributed by atoms with Crippen molar-refractivity contribution in [1.29, 1.82) is 0 Å². The molecule has 0 fully saturated rings. The van der Waals surface area contributed by atoms with Gasteiger partial charge in [-0.1, -0.05) is 29.3 Å². The van der Waals surface area contributed by atoms with E-state index in [1.54, 1.807) is 0 Å². The molecule has 0 heterocycles. The molecule has 72 valence electrons. The minimum absolute atomic E-state index is 0.0413. The molecule has 1 aromatic rings. The standard InChI is InChI=1S/C10H14ClNO/c1-7-2-3-10(11)9(4-7)8(5-12)6-13/h2-4,8,13H,5-6,12H2,1H3. The van der Waals surface area contributed by atoms with Gasteiger partial charge < -0.3 is 10.8 Å². The molecule has 0 aromatic heterocycles. The van der Waals surface area contributed by atoms with Crippen LogP contribution in [0.1, 0.15) is 17.0 Å². The fourth-order valence-corrected chi connectivity index (χ4v) is 1.55. The van der Waals surface area contributed by atoms with Crippen LogP contribution in [0.4, 0.5) is 0 Å². The minimum Gasteiger partial charge on any atom is -0.396 e. The lowest BCUT2D eigenvalue weighted by molar-refractivity contribution is 0.268. The average molecular weight is 200 g/mol. The van der Waals surface area contributed by atoms with Crippen molar-refractivity contribution in [2.75, 3.05) is 13.2 Å². The van der Waals surface area contributed by atoms with Crippen LogP contribution >= 0.6 is 11.6 Å². The van der Waals surface area contributed by atoms with E-state index in [2.05, 4.69) is 0 Å². The number of aliphatic hydroxyl groups excluding tert-OH is 1. The summed E-state index contributed by atoms with van der Waals surface area (Å²) in [6.07, 6.45) is 0. The molecule has 1 atom stereocenters. The van der Waals surface area contributed by atoms with Gasteiger partial charge >= 0.3 is 0 Å². The van der Waals surface area contributed by atoms with Gasteiger partial charge in [0, 0.05) is 17.5 Å². The molecule has 0 aliphatic heterocycles. The normalized spacial score (nSPS) is 12.9. The Morgan fingerprint density at radius 1 is 1.54 bits per heavy atom. The molecule has 0 radical (unpaired) electrons. The van der Waals surface area contributed by atoms with Crippen LogP contribution in [0, 0.1) is 6.92 Å². The zero-order valence-corrected chi connectivity index (χ0v) is 8.38. The van der Waals surface area contributed by atoms with Crippen molar-refractivity contribution >= 4 is 11.6 Å². The smallest absolute Gasteiger partial charge is 0.0512 e. The third kappa shape index (κ3) is 2.44. The van der Waals surface area contributed by atoms with E-state index in [1.807, 2.05) is 25.1 Å². The fraction of sp³-hybridized carbons (Fsp3) is 0.400. The molecular formula is C10H14ClNO. The molecule has 0 saturated carbocycles. The van der Waals surface area contributed by atoms with Gasteiger partial charge in [-0.05, 0) is 18.6 Å². The Morgan fingerprint density at radius 3 is 2.77 bits per heavy atom. The summed E-state index contributed by atoms with van der Waals surface area (Å²) in [6, 6.07) is 5.75. The topological polar surface area (TPSA) is 46.2 Å². The van der Waals surface area contributed by atoms with Crippen molar-refractivity contribution in [2.24, 2.45) is 5.73 Å². The van der Waals surface area contributed by atoms with Crippen molar-refractivity contribution < 1.29 is 5.11 Å². The SMILES string of the molecule is Cc1ccc(Cl)c(C(CN)CO)c1. The van der Waals surface area contributed by atoms with Crippen LogP contribution in [0.15, 0.2) is 18.2 Å². The maximum Gasteiger partial charge on any atom is 0.0512 e. The van der Waals surface area contributed by atoms with E-state index in [9.17, 15) is 0 Å². The fourth-order valence-electron chi connectivity index (χ4n) is 1.28. The Hall–Kier alpha value is -0.570. The van der Waals surface area contributed by atoms with Crippen LogP contribution in [0.3, 0.4) is 0 Å². The van der Waals surface area contributed by atoms with Gasteiger partial charge in [0.15, 0.2) is 0 Å². The van der Waals surface area contributed by atoms with Crippen molar-refractivity contribution in [3.8, 4) is 0 Å². The zero-order chi connectivity index (χ0) is 9.84. The van der Waals surface area contributed by atoms with E-state index in [0.29, 0.717) is 11.6 Å². The first-order valence-corrected chi connectivity index (χ1v) is 4.63. The highest BCUT2D eigenvalue weighted by Crippen LogP contribution is 2.24. The van der Waals surface area contributed by atoms with Crippen LogP contribution < -0.4 is 5.73 Å². The summed E-state index contributed by atoms with van der Waals surface area (Å²) in [5.74, 6) is -0.0487. The van der Waals surface area contributed by atoms with Crippen molar-refractivity contribution in [2.45, 2.75) is 12.8 Å². The second kappa shape index (κ2) is 4.61. The van der Waals surface area contributed by atoms with Gasteiger partial charge in [-0.3, -0.25) is 0 Å². The first-order chi connectivity index (χ1) is 6.19. The van der Waals surface area contributed by atoms with E-state index in [0.717, 1.165) is 11.1 Å². The van der Waals surface area contributed by atoms with Gasteiger partial charge in [0.25, 0.3) is 0 Å². The largest absolute Gasteiger partial charge is 0.396 e. The summed E-state index contributed by atoms with van der Waals surface area (Å²) < 4.78 is 0. The van der Waals surface area contributed by atoms with E-state index in [4.69, 9.17) is 22.4 Å². The Balaban J connectivity index is 3.03. The van der Waals surface area contributed by atoms with Crippen molar-refractivity contribution in [3.63, 3.8) is 0 Å². The molecule has 1 unspecified atom stereocenters. The molecule has 3 N–H and O–H groups in total. The maximum atomic E-state index is 9.06. The maximum absolute atomic E-state index is 9.06. The van der Waals surface area contributed by atoms with Crippen molar-refractivity contribution in [1.82, 2.24) is 0 Å². The minimum atomic E-state index is -0.0487. The number of rotatable bonds is 3. The quantitative estimate of drug-likeness (QED) is 0.778. The summed E-state index contributed by atoms with van der Waals surface area (Å²) in [7, 11) is 0. The molecule has 0 spiro atoms. The molecule has 3 heteroatoms. The lowest BCUT2D eigenvalue weighted by Gasteiger charge is -2.14. The highest BCUT2D eigenvalue weighted by atomic mass is 35.5. The molecular weight excluding hydrogens is 186 g/mol. The first-order valence-electron chi connectivity index (χ1n) is 4.26. The van der Waals surface area contributed by atoms with Crippen LogP contribution in [0.2, 0.25) is 5.02 Å².